The molecule has 1 unspecified atom stereocenters. The molecule has 0 spiro atoms. The average molecular weight is 286 g/mol. The molecule has 0 aliphatic carbocycles. The number of nitrogens with zero attached hydrogens (tertiary/aromatic N) is 1. The fraction of sp³-hybridized carbons (Fsp3) is 0.545. The van der Waals surface area contributed by atoms with Gasteiger partial charge in [0.1, 0.15) is 6.04 Å². The largest absolute Gasteiger partial charge is 0.480 e. The Bertz CT molecular complexity index is 410. The lowest BCUT2D eigenvalue weighted by atomic mass is 10.1. The van der Waals surface area contributed by atoms with Gasteiger partial charge in [-0.2, -0.15) is 11.8 Å². The van der Waals surface area contributed by atoms with E-state index in [1.54, 1.807) is 18.0 Å². The van der Waals surface area contributed by atoms with Crippen LogP contribution in [0.5, 0.6) is 0 Å². The molecule has 8 heteroatoms. The summed E-state index contributed by atoms with van der Waals surface area (Å²) in [6.07, 6.45) is 5.61. The Morgan fingerprint density at radius 1 is 1.63 bits per heavy atom. The lowest BCUT2D eigenvalue weighted by Crippen LogP contribution is -2.49. The Morgan fingerprint density at radius 2 is 2.37 bits per heavy atom. The summed E-state index contributed by atoms with van der Waals surface area (Å²) in [7, 11) is 0. The summed E-state index contributed by atoms with van der Waals surface area (Å²) in [5.74, 6) is -0.795. The van der Waals surface area contributed by atoms with E-state index in [-0.39, 0.29) is 6.42 Å². The van der Waals surface area contributed by atoms with Crippen LogP contribution < -0.4 is 11.1 Å². The van der Waals surface area contributed by atoms with Crippen molar-refractivity contribution in [3.63, 3.8) is 0 Å². The lowest BCUT2D eigenvalue weighted by Gasteiger charge is -2.16. The number of aromatic amines is 1. The fourth-order valence-corrected chi connectivity index (χ4v) is 1.96. The highest BCUT2D eigenvalue weighted by Gasteiger charge is 2.23. The van der Waals surface area contributed by atoms with Crippen LogP contribution >= 0.6 is 11.8 Å². The minimum atomic E-state index is -1.10. The number of amides is 1. The zero-order chi connectivity index (χ0) is 14.3. The van der Waals surface area contributed by atoms with E-state index in [0.717, 1.165) is 5.75 Å². The smallest absolute Gasteiger partial charge is 0.326 e. The van der Waals surface area contributed by atoms with Gasteiger partial charge in [-0.1, -0.05) is 0 Å². The third-order valence-corrected chi connectivity index (χ3v) is 3.20. The average Bonchev–Trinajstić information content (AvgIpc) is 2.87. The number of hydrogen-bond acceptors (Lipinski definition) is 5. The van der Waals surface area contributed by atoms with Crippen LogP contribution in [0.25, 0.3) is 0 Å². The predicted octanol–water partition coefficient (Wildman–Crippen LogP) is -0.398. The van der Waals surface area contributed by atoms with E-state index in [1.807, 2.05) is 6.26 Å². The van der Waals surface area contributed by atoms with Crippen molar-refractivity contribution < 1.29 is 14.7 Å². The van der Waals surface area contributed by atoms with Crippen LogP contribution in [0.3, 0.4) is 0 Å². The summed E-state index contributed by atoms with van der Waals surface area (Å²) in [4.78, 5) is 29.5. The molecule has 0 fully saturated rings. The van der Waals surface area contributed by atoms with Crippen molar-refractivity contribution in [3.8, 4) is 0 Å². The van der Waals surface area contributed by atoms with Crippen molar-refractivity contribution in [1.29, 1.82) is 0 Å². The third-order valence-electron chi connectivity index (χ3n) is 2.55. The van der Waals surface area contributed by atoms with Crippen LogP contribution in [0.4, 0.5) is 0 Å². The molecule has 1 aromatic heterocycles. The molecule has 1 aromatic rings. The topological polar surface area (TPSA) is 121 Å². The summed E-state index contributed by atoms with van der Waals surface area (Å²) in [6.45, 7) is 0. The predicted molar refractivity (Wildman–Crippen MR) is 72.8 cm³/mol. The first kappa shape index (κ1) is 15.5. The molecule has 1 amide bonds. The van der Waals surface area contributed by atoms with Gasteiger partial charge in [0.15, 0.2) is 0 Å². The van der Waals surface area contributed by atoms with Crippen molar-refractivity contribution in [2.45, 2.75) is 24.9 Å². The van der Waals surface area contributed by atoms with Gasteiger partial charge in [-0.25, -0.2) is 9.78 Å². The molecule has 7 nitrogen and oxygen atoms in total. The Labute approximate surface area is 115 Å². The van der Waals surface area contributed by atoms with Crippen molar-refractivity contribution in [1.82, 2.24) is 15.3 Å². The summed E-state index contributed by atoms with van der Waals surface area (Å²) in [6, 6.07) is -1.70. The van der Waals surface area contributed by atoms with Gasteiger partial charge in [-0.05, 0) is 18.4 Å². The number of nitrogens with two attached hydrogens (primary N) is 1. The van der Waals surface area contributed by atoms with E-state index >= 15 is 0 Å². The van der Waals surface area contributed by atoms with Crippen molar-refractivity contribution in [3.05, 3.63) is 18.2 Å². The fourth-order valence-electron chi connectivity index (χ4n) is 1.47. The number of carbonyl (C=O) groups excluding carboxylic acids is 1. The highest BCUT2D eigenvalue weighted by Crippen LogP contribution is 2.02. The second-order valence-corrected chi connectivity index (χ2v) is 5.04. The molecular formula is C11H18N4O3S. The first-order valence-electron chi connectivity index (χ1n) is 5.80. The van der Waals surface area contributed by atoms with Gasteiger partial charge in [0, 0.05) is 12.6 Å². The maximum atomic E-state index is 11.8. The molecule has 0 aliphatic heterocycles. The number of carbonyl (C=O) groups is 2. The highest BCUT2D eigenvalue weighted by molar-refractivity contribution is 7.98. The van der Waals surface area contributed by atoms with E-state index in [4.69, 9.17) is 10.8 Å². The minimum Gasteiger partial charge on any atom is -0.480 e. The number of thioether (sulfide) groups is 1. The molecular weight excluding hydrogens is 268 g/mol. The number of nitrogens with one attached hydrogen (secondary N) is 2. The Hall–Kier alpha value is -1.54. The minimum absolute atomic E-state index is 0.125. The van der Waals surface area contributed by atoms with E-state index in [0.29, 0.717) is 12.1 Å². The molecule has 106 valence electrons. The maximum Gasteiger partial charge on any atom is 0.326 e. The Balaban J connectivity index is 2.53. The lowest BCUT2D eigenvalue weighted by molar-refractivity contribution is -0.142. The van der Waals surface area contributed by atoms with Crippen LogP contribution in [-0.4, -0.2) is 51.0 Å². The number of imidazole rings is 1. The summed E-state index contributed by atoms with van der Waals surface area (Å²) >= 11 is 1.59. The molecule has 2 atom stereocenters. The van der Waals surface area contributed by atoms with Gasteiger partial charge in [0.05, 0.1) is 18.1 Å². The molecule has 0 bridgehead atoms. The maximum absolute atomic E-state index is 11.8. The molecule has 19 heavy (non-hydrogen) atoms. The van der Waals surface area contributed by atoms with Crippen molar-refractivity contribution in [2.75, 3.05) is 12.0 Å². The standard InChI is InChI=1S/C11H18N4O3S/c1-19-3-2-8(12)10(16)15-9(11(17)18)4-7-5-13-6-14-7/h5-6,8-9H,2-4,12H2,1H3,(H,13,14)(H,15,16)(H,17,18)/t8?,9-/m0/s1. The summed E-state index contributed by atoms with van der Waals surface area (Å²) in [5, 5.41) is 11.5. The number of carboxylic acids is 1. The Kier molecular flexibility index (Phi) is 6.37. The van der Waals surface area contributed by atoms with Gasteiger partial charge in [0.25, 0.3) is 0 Å². The van der Waals surface area contributed by atoms with Crippen LogP contribution in [0.1, 0.15) is 12.1 Å². The monoisotopic (exact) mass is 286 g/mol. The summed E-state index contributed by atoms with van der Waals surface area (Å²) < 4.78 is 0. The molecule has 0 aromatic carbocycles. The van der Waals surface area contributed by atoms with E-state index in [9.17, 15) is 9.59 Å². The SMILES string of the molecule is CSCCC(N)C(=O)N[C@@H](Cc1c[nH]cn1)C(=O)O. The molecule has 1 heterocycles. The molecule has 0 aliphatic rings. The third kappa shape index (κ3) is 5.31. The van der Waals surface area contributed by atoms with Crippen LogP contribution in [0, 0.1) is 0 Å². The van der Waals surface area contributed by atoms with Crippen molar-refractivity contribution >= 4 is 23.6 Å². The van der Waals surface area contributed by atoms with Gasteiger partial charge in [-0.3, -0.25) is 4.79 Å². The number of hydrogen-bond donors (Lipinski definition) is 4. The summed E-state index contributed by atoms with van der Waals surface area (Å²) in [5.41, 5.74) is 6.26. The van der Waals surface area contributed by atoms with Gasteiger partial charge >= 0.3 is 5.97 Å². The van der Waals surface area contributed by atoms with E-state index in [2.05, 4.69) is 15.3 Å². The normalized spacial score (nSPS) is 13.8. The molecule has 0 radical (unpaired) electrons. The number of H-pyrrole nitrogens is 1. The first-order valence-corrected chi connectivity index (χ1v) is 7.19. The van der Waals surface area contributed by atoms with E-state index in [1.165, 1.54) is 6.33 Å². The number of rotatable bonds is 8. The second-order valence-electron chi connectivity index (χ2n) is 4.05. The van der Waals surface area contributed by atoms with Gasteiger partial charge in [-0.15, -0.1) is 0 Å². The van der Waals surface area contributed by atoms with Crippen LogP contribution in [0.15, 0.2) is 12.5 Å². The number of aromatic nitrogens is 2. The molecule has 1 rings (SSSR count). The van der Waals surface area contributed by atoms with Gasteiger partial charge < -0.3 is 21.1 Å². The van der Waals surface area contributed by atoms with Crippen LogP contribution in [0.2, 0.25) is 0 Å². The second kappa shape index (κ2) is 7.80. The van der Waals surface area contributed by atoms with Crippen LogP contribution in [-0.2, 0) is 16.0 Å². The van der Waals surface area contributed by atoms with Gasteiger partial charge in [0.2, 0.25) is 5.91 Å². The quantitative estimate of drug-likeness (QED) is 0.516. The van der Waals surface area contributed by atoms with Crippen molar-refractivity contribution in [2.24, 2.45) is 5.73 Å². The zero-order valence-electron chi connectivity index (χ0n) is 10.6. The number of aliphatic carboxylic acids is 1. The molecule has 0 saturated carbocycles. The zero-order valence-corrected chi connectivity index (χ0v) is 11.4. The molecule has 5 N–H and O–H groups in total. The highest BCUT2D eigenvalue weighted by atomic mass is 32.2. The first-order chi connectivity index (χ1) is 9.04. The van der Waals surface area contributed by atoms with E-state index < -0.39 is 24.0 Å². The number of carboxylic acid groups (broad SMARTS) is 1. The Morgan fingerprint density at radius 3 is 2.89 bits per heavy atom. The molecule has 0 saturated heterocycles.